The van der Waals surface area contributed by atoms with Gasteiger partial charge in [-0.1, -0.05) is 6.92 Å². The van der Waals surface area contributed by atoms with Crippen LogP contribution < -0.4 is 0 Å². The van der Waals surface area contributed by atoms with E-state index < -0.39 is 11.8 Å². The number of H-pyrrole nitrogens is 1. The fourth-order valence-corrected chi connectivity index (χ4v) is 2.01. The van der Waals surface area contributed by atoms with Gasteiger partial charge in [0.1, 0.15) is 11.9 Å². The molecule has 0 amide bonds. The highest BCUT2D eigenvalue weighted by Crippen LogP contribution is 2.28. The summed E-state index contributed by atoms with van der Waals surface area (Å²) in [4.78, 5) is 13.7. The fraction of sp³-hybridized carbons (Fsp3) is 0.143. The number of aliphatic carboxylic acids is 1. The van der Waals surface area contributed by atoms with Crippen LogP contribution in [0.1, 0.15) is 24.5 Å². The Balaban J connectivity index is 2.67. The van der Waals surface area contributed by atoms with Crippen molar-refractivity contribution in [1.29, 1.82) is 5.26 Å². The summed E-state index contributed by atoms with van der Waals surface area (Å²) in [5.41, 5.74) is 1.81. The van der Waals surface area contributed by atoms with Gasteiger partial charge in [-0.15, -0.1) is 0 Å². The van der Waals surface area contributed by atoms with Crippen molar-refractivity contribution in [1.82, 2.24) is 4.98 Å². The molecular weight excluding hydrogens is 247 g/mol. The van der Waals surface area contributed by atoms with E-state index in [-0.39, 0.29) is 5.56 Å². The van der Waals surface area contributed by atoms with E-state index in [1.54, 1.807) is 12.3 Å². The monoisotopic (exact) mass is 258 g/mol. The number of allylic oxidation sites excluding steroid dienone is 1. The zero-order chi connectivity index (χ0) is 14.0. The van der Waals surface area contributed by atoms with Gasteiger partial charge in [0.25, 0.3) is 0 Å². The van der Waals surface area contributed by atoms with Crippen molar-refractivity contribution in [3.05, 3.63) is 41.3 Å². The van der Waals surface area contributed by atoms with Crippen molar-refractivity contribution in [2.24, 2.45) is 0 Å². The van der Waals surface area contributed by atoms with E-state index in [9.17, 15) is 9.18 Å². The molecule has 19 heavy (non-hydrogen) atoms. The van der Waals surface area contributed by atoms with Gasteiger partial charge in [-0.3, -0.25) is 0 Å². The smallest absolute Gasteiger partial charge is 0.328 e. The van der Waals surface area contributed by atoms with Crippen molar-refractivity contribution in [3.8, 4) is 6.07 Å². The molecule has 0 bridgehead atoms. The topological polar surface area (TPSA) is 76.9 Å². The maximum absolute atomic E-state index is 13.6. The number of aromatic nitrogens is 1. The number of aromatic amines is 1. The highest BCUT2D eigenvalue weighted by Gasteiger charge is 2.12. The first-order valence-electron chi connectivity index (χ1n) is 5.71. The Labute approximate surface area is 108 Å². The summed E-state index contributed by atoms with van der Waals surface area (Å²) in [6.07, 6.45) is 3.25. The lowest BCUT2D eigenvalue weighted by Gasteiger charge is -2.02. The van der Waals surface area contributed by atoms with Crippen LogP contribution in [0.2, 0.25) is 0 Å². The zero-order valence-electron chi connectivity index (χ0n) is 10.2. The zero-order valence-corrected chi connectivity index (χ0v) is 10.2. The highest BCUT2D eigenvalue weighted by molar-refractivity contribution is 5.98. The molecule has 0 spiro atoms. The summed E-state index contributed by atoms with van der Waals surface area (Å²) in [5, 5.41) is 18.2. The molecule has 0 saturated carbocycles. The fourth-order valence-electron chi connectivity index (χ4n) is 2.01. The number of carboxylic acids is 1. The summed E-state index contributed by atoms with van der Waals surface area (Å²) in [5.74, 6) is -1.65. The van der Waals surface area contributed by atoms with Crippen molar-refractivity contribution >= 4 is 22.4 Å². The first-order valence-corrected chi connectivity index (χ1v) is 5.71. The molecule has 0 aliphatic heterocycles. The van der Waals surface area contributed by atoms with Crippen LogP contribution in [-0.2, 0) is 4.79 Å². The third kappa shape index (κ3) is 2.33. The molecule has 1 aromatic carbocycles. The molecule has 96 valence electrons. The van der Waals surface area contributed by atoms with Gasteiger partial charge in [0.15, 0.2) is 0 Å². The molecule has 1 aromatic heterocycles. The van der Waals surface area contributed by atoms with Crippen LogP contribution in [0.25, 0.3) is 16.5 Å². The lowest BCUT2D eigenvalue weighted by atomic mass is 10.0. The van der Waals surface area contributed by atoms with E-state index in [0.717, 1.165) is 6.08 Å². The Morgan fingerprint density at radius 3 is 2.89 bits per heavy atom. The minimum Gasteiger partial charge on any atom is -0.478 e. The number of carbonyl (C=O) groups is 1. The van der Waals surface area contributed by atoms with E-state index in [4.69, 9.17) is 10.4 Å². The van der Waals surface area contributed by atoms with Crippen LogP contribution in [0.4, 0.5) is 4.39 Å². The van der Waals surface area contributed by atoms with E-state index in [1.807, 2.05) is 6.92 Å². The quantitative estimate of drug-likeness (QED) is 0.830. The van der Waals surface area contributed by atoms with E-state index in [0.29, 0.717) is 28.5 Å². The van der Waals surface area contributed by atoms with E-state index >= 15 is 0 Å². The Bertz CT molecular complexity index is 723. The summed E-state index contributed by atoms with van der Waals surface area (Å²) < 4.78 is 13.6. The predicted octanol–water partition coefficient (Wildman–Crippen LogP) is 3.06. The average Bonchev–Trinajstić information content (AvgIpc) is 2.77. The van der Waals surface area contributed by atoms with Crippen molar-refractivity contribution in [2.75, 3.05) is 0 Å². The third-order valence-electron chi connectivity index (χ3n) is 2.91. The van der Waals surface area contributed by atoms with Gasteiger partial charge in [-0.25, -0.2) is 9.18 Å². The lowest BCUT2D eigenvalue weighted by Crippen LogP contribution is -1.92. The Hall–Kier alpha value is -2.61. The number of carboxylic acid groups (broad SMARTS) is 1. The first-order chi connectivity index (χ1) is 9.06. The molecule has 0 atom stereocenters. The minimum absolute atomic E-state index is 0.0406. The molecule has 5 heteroatoms. The number of nitrogens with one attached hydrogen (secondary N) is 1. The third-order valence-corrected chi connectivity index (χ3v) is 2.91. The summed E-state index contributed by atoms with van der Waals surface area (Å²) >= 11 is 0. The normalized spacial score (nSPS) is 11.5. The number of nitrogens with zero attached hydrogens (tertiary/aromatic N) is 1. The molecule has 0 saturated heterocycles. The van der Waals surface area contributed by atoms with E-state index in [2.05, 4.69) is 4.98 Å². The summed E-state index contributed by atoms with van der Waals surface area (Å²) in [6, 6.07) is 4.44. The van der Waals surface area contributed by atoms with Crippen LogP contribution in [0.5, 0.6) is 0 Å². The molecule has 2 aromatic rings. The van der Waals surface area contributed by atoms with Gasteiger partial charge >= 0.3 is 5.97 Å². The minimum atomic E-state index is -1.04. The number of halogens is 1. The molecule has 2 rings (SSSR count). The molecule has 0 aliphatic rings. The van der Waals surface area contributed by atoms with Crippen molar-refractivity contribution in [3.63, 3.8) is 0 Å². The molecular formula is C14H11FN2O2. The van der Waals surface area contributed by atoms with Crippen molar-refractivity contribution < 1.29 is 14.3 Å². The molecule has 0 aliphatic carbocycles. The standard InChI is InChI=1S/C14H11FN2O2/c1-2-8(4-14(18)19)11-7-17-13-3-9(6-16)12(15)5-10(11)13/h3-5,7,17H,2H2,1H3,(H,18,19)/b8-4+. The van der Waals surface area contributed by atoms with Gasteiger partial charge in [-0.05, 0) is 24.1 Å². The Kier molecular flexibility index (Phi) is 3.34. The maximum Gasteiger partial charge on any atom is 0.328 e. The number of hydrogen-bond donors (Lipinski definition) is 2. The molecule has 4 nitrogen and oxygen atoms in total. The number of fused-ring (bicyclic) bond motifs is 1. The first kappa shape index (κ1) is 12.8. The van der Waals surface area contributed by atoms with Gasteiger partial charge < -0.3 is 10.1 Å². The van der Waals surface area contributed by atoms with Gasteiger partial charge in [0.2, 0.25) is 0 Å². The van der Waals surface area contributed by atoms with E-state index in [1.165, 1.54) is 12.1 Å². The second-order valence-corrected chi connectivity index (χ2v) is 4.05. The van der Waals surface area contributed by atoms with Gasteiger partial charge in [0, 0.05) is 28.7 Å². The van der Waals surface area contributed by atoms with Gasteiger partial charge in [0.05, 0.1) is 5.56 Å². The SMILES string of the molecule is CC/C(=C\C(=O)O)c1c[nH]c2cc(C#N)c(F)cc12. The average molecular weight is 258 g/mol. The Morgan fingerprint density at radius 2 is 2.32 bits per heavy atom. The van der Waals surface area contributed by atoms with Crippen LogP contribution >= 0.6 is 0 Å². The van der Waals surface area contributed by atoms with Crippen LogP contribution in [0, 0.1) is 17.1 Å². The van der Waals surface area contributed by atoms with Crippen LogP contribution in [-0.4, -0.2) is 16.1 Å². The van der Waals surface area contributed by atoms with Crippen LogP contribution in [0.3, 0.4) is 0 Å². The second kappa shape index (κ2) is 4.94. The number of hydrogen-bond acceptors (Lipinski definition) is 2. The maximum atomic E-state index is 13.6. The molecule has 0 fully saturated rings. The molecule has 0 radical (unpaired) electrons. The predicted molar refractivity (Wildman–Crippen MR) is 68.9 cm³/mol. The number of rotatable bonds is 3. The second-order valence-electron chi connectivity index (χ2n) is 4.05. The van der Waals surface area contributed by atoms with Gasteiger partial charge in [-0.2, -0.15) is 5.26 Å². The summed E-state index contributed by atoms with van der Waals surface area (Å²) in [7, 11) is 0. The largest absolute Gasteiger partial charge is 0.478 e. The molecule has 0 unspecified atom stereocenters. The highest BCUT2D eigenvalue weighted by atomic mass is 19.1. The number of benzene rings is 1. The molecule has 2 N–H and O–H groups in total. The van der Waals surface area contributed by atoms with Crippen molar-refractivity contribution in [2.45, 2.75) is 13.3 Å². The Morgan fingerprint density at radius 1 is 1.58 bits per heavy atom. The molecule has 1 heterocycles. The summed E-state index contributed by atoms with van der Waals surface area (Å²) in [6.45, 7) is 1.83. The number of nitriles is 1. The van der Waals surface area contributed by atoms with Crippen LogP contribution in [0.15, 0.2) is 24.4 Å². The lowest BCUT2D eigenvalue weighted by molar-refractivity contribution is -0.131.